The van der Waals surface area contributed by atoms with Crippen LogP contribution in [0.5, 0.6) is 5.75 Å². The van der Waals surface area contributed by atoms with Gasteiger partial charge in [0.05, 0.1) is 7.11 Å². The van der Waals surface area contributed by atoms with Gasteiger partial charge < -0.3 is 10.1 Å². The summed E-state index contributed by atoms with van der Waals surface area (Å²) in [7, 11) is 1.61. The molecule has 144 valence electrons. The zero-order valence-electron chi connectivity index (χ0n) is 16.5. The SMILES string of the molecule is COc1ccc(C(=O)NCc2ccc(-c3ccc(C)cc3)c3ccncc23)cc1. The summed E-state index contributed by atoms with van der Waals surface area (Å²) in [6.07, 6.45) is 3.67. The fourth-order valence-corrected chi connectivity index (χ4v) is 3.41. The predicted octanol–water partition coefficient (Wildman–Crippen LogP) is 5.15. The summed E-state index contributed by atoms with van der Waals surface area (Å²) >= 11 is 0. The normalized spacial score (nSPS) is 10.7. The van der Waals surface area contributed by atoms with E-state index in [1.807, 2.05) is 12.3 Å². The van der Waals surface area contributed by atoms with Crippen LogP contribution in [-0.4, -0.2) is 18.0 Å². The Morgan fingerprint density at radius 3 is 2.41 bits per heavy atom. The van der Waals surface area contributed by atoms with Crippen LogP contribution in [0.4, 0.5) is 0 Å². The van der Waals surface area contributed by atoms with E-state index in [9.17, 15) is 4.79 Å². The minimum absolute atomic E-state index is 0.118. The molecule has 0 bridgehead atoms. The Bertz CT molecular complexity index is 1150. The molecule has 1 amide bonds. The first-order chi connectivity index (χ1) is 14.2. The van der Waals surface area contributed by atoms with E-state index in [0.717, 1.165) is 27.6 Å². The summed E-state index contributed by atoms with van der Waals surface area (Å²) in [6.45, 7) is 2.52. The van der Waals surface area contributed by atoms with E-state index in [4.69, 9.17) is 4.74 Å². The number of hydrogen-bond donors (Lipinski definition) is 1. The summed E-state index contributed by atoms with van der Waals surface area (Å²) in [5.41, 5.74) is 5.20. The fraction of sp³-hybridized carbons (Fsp3) is 0.120. The standard InChI is InChI=1S/C25H22N2O2/c1-17-3-5-18(6-4-17)22-12-9-20(24-16-26-14-13-23(22)24)15-27-25(28)19-7-10-21(29-2)11-8-19/h3-14,16H,15H2,1-2H3,(H,27,28). The predicted molar refractivity (Wildman–Crippen MR) is 116 cm³/mol. The molecule has 1 N–H and O–H groups in total. The van der Waals surface area contributed by atoms with Gasteiger partial charge in [0.1, 0.15) is 5.75 Å². The van der Waals surface area contributed by atoms with E-state index >= 15 is 0 Å². The Kier molecular flexibility index (Phi) is 5.25. The van der Waals surface area contributed by atoms with Crippen molar-refractivity contribution in [3.8, 4) is 16.9 Å². The molecule has 0 atom stereocenters. The molecule has 0 saturated heterocycles. The summed E-state index contributed by atoms with van der Waals surface area (Å²) in [5.74, 6) is 0.609. The molecule has 0 spiro atoms. The Hall–Kier alpha value is -3.66. The van der Waals surface area contributed by atoms with Crippen molar-refractivity contribution in [3.05, 3.63) is 95.8 Å². The number of carbonyl (C=O) groups excluding carboxylic acids is 1. The van der Waals surface area contributed by atoms with Gasteiger partial charge in [0.25, 0.3) is 5.91 Å². The third kappa shape index (κ3) is 3.97. The number of fused-ring (bicyclic) bond motifs is 1. The van der Waals surface area contributed by atoms with Crippen LogP contribution in [0, 0.1) is 6.92 Å². The molecular formula is C25H22N2O2. The molecule has 0 aliphatic carbocycles. The van der Waals surface area contributed by atoms with E-state index in [-0.39, 0.29) is 5.91 Å². The molecule has 0 radical (unpaired) electrons. The van der Waals surface area contributed by atoms with Crippen molar-refractivity contribution in [2.45, 2.75) is 13.5 Å². The first kappa shape index (κ1) is 18.7. The molecule has 0 saturated carbocycles. The molecule has 1 heterocycles. The van der Waals surface area contributed by atoms with Gasteiger partial charge in [0, 0.05) is 29.9 Å². The summed E-state index contributed by atoms with van der Waals surface area (Å²) < 4.78 is 5.14. The number of pyridine rings is 1. The Morgan fingerprint density at radius 1 is 0.931 bits per heavy atom. The van der Waals surface area contributed by atoms with Crippen molar-refractivity contribution in [2.75, 3.05) is 7.11 Å². The van der Waals surface area contributed by atoms with E-state index < -0.39 is 0 Å². The molecule has 4 rings (SSSR count). The average molecular weight is 382 g/mol. The number of amides is 1. The van der Waals surface area contributed by atoms with Crippen LogP contribution in [0.1, 0.15) is 21.5 Å². The van der Waals surface area contributed by atoms with Gasteiger partial charge in [-0.15, -0.1) is 0 Å². The van der Waals surface area contributed by atoms with Crippen LogP contribution in [0.2, 0.25) is 0 Å². The van der Waals surface area contributed by atoms with Crippen LogP contribution in [0.25, 0.3) is 21.9 Å². The lowest BCUT2D eigenvalue weighted by Crippen LogP contribution is -2.22. The van der Waals surface area contributed by atoms with E-state index in [1.54, 1.807) is 37.6 Å². The van der Waals surface area contributed by atoms with Crippen molar-refractivity contribution in [1.29, 1.82) is 0 Å². The van der Waals surface area contributed by atoms with Crippen molar-refractivity contribution in [1.82, 2.24) is 10.3 Å². The van der Waals surface area contributed by atoms with E-state index in [0.29, 0.717) is 12.1 Å². The zero-order chi connectivity index (χ0) is 20.2. The third-order valence-electron chi connectivity index (χ3n) is 5.06. The molecule has 4 aromatic rings. The number of nitrogens with one attached hydrogen (secondary N) is 1. The molecule has 3 aromatic carbocycles. The second kappa shape index (κ2) is 8.15. The van der Waals surface area contributed by atoms with Gasteiger partial charge in [0.15, 0.2) is 0 Å². The molecule has 4 nitrogen and oxygen atoms in total. The summed E-state index contributed by atoms with van der Waals surface area (Å²) in [5, 5.41) is 5.17. The second-order valence-corrected chi connectivity index (χ2v) is 6.97. The van der Waals surface area contributed by atoms with Gasteiger partial charge in [-0.05, 0) is 59.3 Å². The number of hydrogen-bond acceptors (Lipinski definition) is 3. The van der Waals surface area contributed by atoms with Crippen LogP contribution in [0.3, 0.4) is 0 Å². The maximum absolute atomic E-state index is 12.5. The molecule has 0 fully saturated rings. The van der Waals surface area contributed by atoms with Crippen molar-refractivity contribution >= 4 is 16.7 Å². The van der Waals surface area contributed by atoms with Gasteiger partial charge in [-0.25, -0.2) is 0 Å². The van der Waals surface area contributed by atoms with Crippen molar-refractivity contribution in [3.63, 3.8) is 0 Å². The highest BCUT2D eigenvalue weighted by molar-refractivity contribution is 5.99. The summed E-state index contributed by atoms with van der Waals surface area (Å²) in [4.78, 5) is 16.8. The molecular weight excluding hydrogens is 360 g/mol. The highest BCUT2D eigenvalue weighted by Gasteiger charge is 2.10. The maximum atomic E-state index is 12.5. The van der Waals surface area contributed by atoms with E-state index in [2.05, 4.69) is 53.6 Å². The van der Waals surface area contributed by atoms with Gasteiger partial charge in [-0.1, -0.05) is 42.0 Å². The van der Waals surface area contributed by atoms with Crippen LogP contribution in [0.15, 0.2) is 79.1 Å². The van der Waals surface area contributed by atoms with Crippen molar-refractivity contribution < 1.29 is 9.53 Å². The third-order valence-corrected chi connectivity index (χ3v) is 5.06. The minimum atomic E-state index is -0.118. The van der Waals surface area contributed by atoms with Gasteiger partial charge >= 0.3 is 0 Å². The summed E-state index contributed by atoms with van der Waals surface area (Å²) in [6, 6.07) is 21.8. The largest absolute Gasteiger partial charge is 0.497 e. The maximum Gasteiger partial charge on any atom is 0.251 e. The van der Waals surface area contributed by atoms with Crippen LogP contribution < -0.4 is 10.1 Å². The minimum Gasteiger partial charge on any atom is -0.497 e. The smallest absolute Gasteiger partial charge is 0.251 e. The topological polar surface area (TPSA) is 51.2 Å². The molecule has 0 aliphatic heterocycles. The highest BCUT2D eigenvalue weighted by Crippen LogP contribution is 2.30. The number of rotatable bonds is 5. The zero-order valence-corrected chi connectivity index (χ0v) is 16.5. The quantitative estimate of drug-likeness (QED) is 0.519. The monoisotopic (exact) mass is 382 g/mol. The Labute approximate surface area is 170 Å². The Balaban J connectivity index is 1.60. The molecule has 1 aromatic heterocycles. The molecule has 0 unspecified atom stereocenters. The van der Waals surface area contributed by atoms with Gasteiger partial charge in [0.2, 0.25) is 0 Å². The second-order valence-electron chi connectivity index (χ2n) is 6.97. The molecule has 0 aliphatic rings. The number of benzene rings is 3. The first-order valence-electron chi connectivity index (χ1n) is 9.50. The fourth-order valence-electron chi connectivity index (χ4n) is 3.41. The number of aromatic nitrogens is 1. The van der Waals surface area contributed by atoms with Gasteiger partial charge in [-0.3, -0.25) is 9.78 Å². The first-order valence-corrected chi connectivity index (χ1v) is 9.50. The lowest BCUT2D eigenvalue weighted by Gasteiger charge is -2.12. The number of methoxy groups -OCH3 is 1. The number of carbonyl (C=O) groups is 1. The number of aryl methyl sites for hydroxylation is 1. The van der Waals surface area contributed by atoms with Crippen LogP contribution >= 0.6 is 0 Å². The number of ether oxygens (including phenoxy) is 1. The van der Waals surface area contributed by atoms with Crippen molar-refractivity contribution in [2.24, 2.45) is 0 Å². The van der Waals surface area contributed by atoms with Crippen LogP contribution in [-0.2, 0) is 6.54 Å². The molecule has 29 heavy (non-hydrogen) atoms. The highest BCUT2D eigenvalue weighted by atomic mass is 16.5. The average Bonchev–Trinajstić information content (AvgIpc) is 2.78. The number of nitrogens with zero attached hydrogens (tertiary/aromatic N) is 1. The molecule has 4 heteroatoms. The van der Waals surface area contributed by atoms with E-state index in [1.165, 1.54) is 11.1 Å². The van der Waals surface area contributed by atoms with Gasteiger partial charge in [-0.2, -0.15) is 0 Å². The Morgan fingerprint density at radius 2 is 1.69 bits per heavy atom. The lowest BCUT2D eigenvalue weighted by molar-refractivity contribution is 0.0951. The lowest BCUT2D eigenvalue weighted by atomic mass is 9.95.